The van der Waals surface area contributed by atoms with Gasteiger partial charge in [0.15, 0.2) is 0 Å². The number of ether oxygens (including phenoxy) is 1. The van der Waals surface area contributed by atoms with Crippen molar-refractivity contribution in [1.82, 2.24) is 15.4 Å². The molecule has 4 amide bonds. The number of anilines is 1. The van der Waals surface area contributed by atoms with Crippen LogP contribution in [0.5, 0.6) is 5.75 Å². The number of aromatic nitrogens is 1. The monoisotopic (exact) mass is 444 g/mol. The number of hydrazine groups is 1. The highest BCUT2D eigenvalue weighted by atomic mass is 16.5. The van der Waals surface area contributed by atoms with E-state index < -0.39 is 29.7 Å². The van der Waals surface area contributed by atoms with Gasteiger partial charge in [0.1, 0.15) is 11.8 Å². The lowest BCUT2D eigenvalue weighted by Crippen LogP contribution is -2.54. The lowest BCUT2D eigenvalue weighted by molar-refractivity contribution is -0.122. The summed E-state index contributed by atoms with van der Waals surface area (Å²) < 4.78 is 5.18. The molecule has 9 heteroatoms. The molecule has 1 unspecified atom stereocenters. The van der Waals surface area contributed by atoms with Gasteiger partial charge in [0.05, 0.1) is 19.2 Å². The summed E-state index contributed by atoms with van der Waals surface area (Å²) in [6.45, 7) is 0. The number of hydrogen-bond acceptors (Lipinski definition) is 6. The fourth-order valence-corrected chi connectivity index (χ4v) is 3.51. The van der Waals surface area contributed by atoms with Gasteiger partial charge in [-0.1, -0.05) is 24.3 Å². The van der Waals surface area contributed by atoms with Crippen molar-refractivity contribution < 1.29 is 23.9 Å². The lowest BCUT2D eigenvalue weighted by atomic mass is 10.1. The average molecular weight is 444 g/mol. The molecule has 4 rings (SSSR count). The summed E-state index contributed by atoms with van der Waals surface area (Å²) >= 11 is 0. The molecule has 0 spiro atoms. The first-order valence-corrected chi connectivity index (χ1v) is 10.1. The number of methoxy groups -OCH3 is 1. The zero-order valence-electron chi connectivity index (χ0n) is 17.7. The molecular formula is C24H20N4O5. The van der Waals surface area contributed by atoms with E-state index in [1.54, 1.807) is 54.6 Å². The first-order valence-electron chi connectivity index (χ1n) is 10.1. The number of carbonyl (C=O) groups excluding carboxylic acids is 4. The first-order chi connectivity index (χ1) is 16.0. The largest absolute Gasteiger partial charge is 0.497 e. The zero-order valence-corrected chi connectivity index (χ0v) is 17.7. The number of imide groups is 1. The molecule has 0 saturated carbocycles. The summed E-state index contributed by atoms with van der Waals surface area (Å²) in [5.41, 5.74) is 3.34. The Hall–Kier alpha value is -4.53. The Morgan fingerprint density at radius 2 is 1.73 bits per heavy atom. The van der Waals surface area contributed by atoms with E-state index in [1.165, 1.54) is 31.6 Å². The van der Waals surface area contributed by atoms with E-state index in [-0.39, 0.29) is 12.0 Å². The Balaban J connectivity index is 1.67. The number of rotatable bonds is 5. The summed E-state index contributed by atoms with van der Waals surface area (Å²) in [7, 11) is 1.48. The Bertz CT molecular complexity index is 1200. The molecule has 1 aromatic heterocycles. The van der Waals surface area contributed by atoms with Crippen LogP contribution in [-0.4, -0.2) is 46.8 Å². The van der Waals surface area contributed by atoms with E-state index in [0.717, 1.165) is 9.91 Å². The fourth-order valence-electron chi connectivity index (χ4n) is 3.51. The third-order valence-corrected chi connectivity index (χ3v) is 5.15. The number of nitrogens with zero attached hydrogens (tertiary/aromatic N) is 3. The van der Waals surface area contributed by atoms with Gasteiger partial charge in [-0.05, 0) is 36.4 Å². The Morgan fingerprint density at radius 1 is 1.00 bits per heavy atom. The Labute approximate surface area is 189 Å². The van der Waals surface area contributed by atoms with Crippen LogP contribution in [-0.2, 0) is 9.59 Å². The molecule has 2 heterocycles. The lowest BCUT2D eigenvalue weighted by Gasteiger charge is -2.28. The minimum Gasteiger partial charge on any atom is -0.497 e. The quantitative estimate of drug-likeness (QED) is 0.477. The van der Waals surface area contributed by atoms with Crippen molar-refractivity contribution in [3.8, 4) is 5.75 Å². The average Bonchev–Trinajstić information content (AvgIpc) is 3.16. The number of nitrogens with one attached hydrogen (secondary N) is 1. The summed E-state index contributed by atoms with van der Waals surface area (Å²) in [6.07, 6.45) is 2.56. The zero-order chi connectivity index (χ0) is 23.4. The van der Waals surface area contributed by atoms with Crippen molar-refractivity contribution >= 4 is 29.3 Å². The van der Waals surface area contributed by atoms with Crippen molar-refractivity contribution in [1.29, 1.82) is 0 Å². The van der Waals surface area contributed by atoms with Crippen molar-refractivity contribution in [2.45, 2.75) is 12.5 Å². The van der Waals surface area contributed by atoms with Crippen molar-refractivity contribution in [2.24, 2.45) is 0 Å². The topological polar surface area (TPSA) is 109 Å². The van der Waals surface area contributed by atoms with E-state index in [1.807, 2.05) is 0 Å². The van der Waals surface area contributed by atoms with E-state index in [4.69, 9.17) is 4.74 Å². The highest BCUT2D eigenvalue weighted by Gasteiger charge is 2.45. The summed E-state index contributed by atoms with van der Waals surface area (Å²) in [6, 6.07) is 16.5. The van der Waals surface area contributed by atoms with E-state index in [2.05, 4.69) is 10.4 Å². The Morgan fingerprint density at radius 3 is 2.42 bits per heavy atom. The van der Waals surface area contributed by atoms with Gasteiger partial charge < -0.3 is 4.74 Å². The number of hydrogen-bond donors (Lipinski definition) is 1. The standard InChI is InChI=1S/C24H20N4O5/c1-33-19-9-5-8-18(14-19)27-21(29)15-20(24(27)32)28(23(31)17-10-12-25-13-11-17)26-22(30)16-6-3-2-4-7-16/h2-14,20H,15H2,1H3,(H,26,30). The number of carbonyl (C=O) groups is 4. The molecule has 0 radical (unpaired) electrons. The van der Waals surface area contributed by atoms with Crippen LogP contribution in [0.1, 0.15) is 27.1 Å². The maximum atomic E-state index is 13.3. The second kappa shape index (κ2) is 9.31. The highest BCUT2D eigenvalue weighted by molar-refractivity contribution is 6.23. The molecule has 1 N–H and O–H groups in total. The molecule has 1 fully saturated rings. The summed E-state index contributed by atoms with van der Waals surface area (Å²) in [4.78, 5) is 57.1. The fraction of sp³-hybridized carbons (Fsp3) is 0.125. The molecular weight excluding hydrogens is 424 g/mol. The molecule has 1 atom stereocenters. The van der Waals surface area contributed by atoms with Gasteiger partial charge in [0.25, 0.3) is 17.7 Å². The SMILES string of the molecule is COc1cccc(N2C(=O)CC(N(NC(=O)c3ccccc3)C(=O)c3ccncc3)C2=O)c1. The van der Waals surface area contributed by atoms with E-state index in [0.29, 0.717) is 17.0 Å². The van der Waals surface area contributed by atoms with Crippen molar-refractivity contribution in [2.75, 3.05) is 12.0 Å². The van der Waals surface area contributed by atoms with Gasteiger partial charge in [-0.15, -0.1) is 0 Å². The maximum Gasteiger partial charge on any atom is 0.273 e. The predicted octanol–water partition coefficient (Wildman–Crippen LogP) is 2.21. The third kappa shape index (κ3) is 4.42. The molecule has 0 bridgehead atoms. The van der Waals surface area contributed by atoms with Crippen molar-refractivity contribution in [3.05, 3.63) is 90.3 Å². The van der Waals surface area contributed by atoms with Gasteiger partial charge in [-0.25, -0.2) is 9.91 Å². The maximum absolute atomic E-state index is 13.3. The second-order valence-corrected chi connectivity index (χ2v) is 7.21. The second-order valence-electron chi connectivity index (χ2n) is 7.21. The van der Waals surface area contributed by atoms with Crippen LogP contribution >= 0.6 is 0 Å². The molecule has 33 heavy (non-hydrogen) atoms. The van der Waals surface area contributed by atoms with Crippen LogP contribution in [0, 0.1) is 0 Å². The number of amides is 4. The molecule has 2 aromatic carbocycles. The van der Waals surface area contributed by atoms with Crippen LogP contribution < -0.4 is 15.1 Å². The molecule has 0 aliphatic carbocycles. The molecule has 166 valence electrons. The highest BCUT2D eigenvalue weighted by Crippen LogP contribution is 2.28. The van der Waals surface area contributed by atoms with Crippen LogP contribution in [0.25, 0.3) is 0 Å². The van der Waals surface area contributed by atoms with Crippen molar-refractivity contribution in [3.63, 3.8) is 0 Å². The van der Waals surface area contributed by atoms with Gasteiger partial charge >= 0.3 is 0 Å². The molecule has 1 saturated heterocycles. The predicted molar refractivity (Wildman–Crippen MR) is 118 cm³/mol. The molecule has 1 aliphatic rings. The molecule has 3 aromatic rings. The van der Waals surface area contributed by atoms with Gasteiger partial charge in [-0.2, -0.15) is 0 Å². The van der Waals surface area contributed by atoms with Gasteiger partial charge in [0.2, 0.25) is 5.91 Å². The minimum absolute atomic E-state index is 0.207. The third-order valence-electron chi connectivity index (χ3n) is 5.15. The Kier molecular flexibility index (Phi) is 6.12. The van der Waals surface area contributed by atoms with Crippen LogP contribution in [0.2, 0.25) is 0 Å². The van der Waals surface area contributed by atoms with E-state index in [9.17, 15) is 19.2 Å². The summed E-state index contributed by atoms with van der Waals surface area (Å²) in [5.74, 6) is -1.89. The minimum atomic E-state index is -1.22. The van der Waals surface area contributed by atoms with Crippen LogP contribution in [0.4, 0.5) is 5.69 Å². The normalized spacial score (nSPS) is 15.3. The van der Waals surface area contributed by atoms with Crippen LogP contribution in [0.3, 0.4) is 0 Å². The smallest absolute Gasteiger partial charge is 0.273 e. The molecule has 1 aliphatic heterocycles. The number of benzene rings is 2. The first kappa shape index (κ1) is 21.7. The van der Waals surface area contributed by atoms with Gasteiger partial charge in [0, 0.05) is 29.6 Å². The number of pyridine rings is 1. The van der Waals surface area contributed by atoms with E-state index >= 15 is 0 Å². The molecule has 9 nitrogen and oxygen atoms in total. The van der Waals surface area contributed by atoms with Crippen LogP contribution in [0.15, 0.2) is 79.1 Å². The summed E-state index contributed by atoms with van der Waals surface area (Å²) in [5, 5.41) is 0.922. The van der Waals surface area contributed by atoms with Gasteiger partial charge in [-0.3, -0.25) is 29.6 Å².